The van der Waals surface area contributed by atoms with E-state index < -0.39 is 0 Å². The van der Waals surface area contributed by atoms with Gasteiger partial charge in [-0.1, -0.05) is 50.2 Å². The normalized spacial score (nSPS) is 11.0. The van der Waals surface area contributed by atoms with Crippen LogP contribution in [0.1, 0.15) is 45.1 Å². The van der Waals surface area contributed by atoms with Gasteiger partial charge in [0.05, 0.1) is 0 Å². The van der Waals surface area contributed by atoms with Gasteiger partial charge in [-0.05, 0) is 24.3 Å². The summed E-state index contributed by atoms with van der Waals surface area (Å²) in [6, 6.07) is 8.11. The number of nitrogens with zero attached hydrogens (tertiary/aromatic N) is 2. The Morgan fingerprint density at radius 3 is 2.65 bits per heavy atom. The second-order valence-electron chi connectivity index (χ2n) is 6.09. The third-order valence-electron chi connectivity index (χ3n) is 3.70. The maximum absolute atomic E-state index is 11.7. The van der Waals surface area contributed by atoms with Crippen LogP contribution in [0.5, 0.6) is 0 Å². The van der Waals surface area contributed by atoms with Gasteiger partial charge in [0, 0.05) is 24.9 Å². The summed E-state index contributed by atoms with van der Waals surface area (Å²) >= 11 is 0. The van der Waals surface area contributed by atoms with Gasteiger partial charge in [0.15, 0.2) is 0 Å². The minimum Gasteiger partial charge on any atom is -0.356 e. The lowest BCUT2D eigenvalue weighted by atomic mass is 10.1. The van der Waals surface area contributed by atoms with Gasteiger partial charge in [-0.25, -0.2) is 0 Å². The van der Waals surface area contributed by atoms with Crippen molar-refractivity contribution >= 4 is 5.91 Å². The van der Waals surface area contributed by atoms with Crippen LogP contribution in [0.15, 0.2) is 28.8 Å². The number of carbonyl (C=O) groups is 1. The summed E-state index contributed by atoms with van der Waals surface area (Å²) in [6.45, 7) is 7.11. The number of nitrogens with one attached hydrogen (secondary N) is 1. The molecule has 1 amide bonds. The Morgan fingerprint density at radius 2 is 2.00 bits per heavy atom. The zero-order chi connectivity index (χ0) is 16.7. The Morgan fingerprint density at radius 1 is 1.26 bits per heavy atom. The number of hydrogen-bond donors (Lipinski definition) is 1. The van der Waals surface area contributed by atoms with E-state index in [0.717, 1.165) is 24.9 Å². The first-order valence-electron chi connectivity index (χ1n) is 8.27. The van der Waals surface area contributed by atoms with Crippen LogP contribution < -0.4 is 5.32 Å². The summed E-state index contributed by atoms with van der Waals surface area (Å²) in [6.07, 6.45) is 2.83. The molecular weight excluding hydrogens is 290 g/mol. The zero-order valence-electron chi connectivity index (χ0n) is 14.1. The van der Waals surface area contributed by atoms with Crippen molar-refractivity contribution in [3.05, 3.63) is 35.7 Å². The van der Waals surface area contributed by atoms with Crippen molar-refractivity contribution in [3.63, 3.8) is 0 Å². The van der Waals surface area contributed by atoms with Crippen molar-refractivity contribution in [2.24, 2.45) is 5.92 Å². The van der Waals surface area contributed by atoms with E-state index in [2.05, 4.69) is 48.4 Å². The molecule has 1 aromatic heterocycles. The first-order valence-corrected chi connectivity index (χ1v) is 8.27. The summed E-state index contributed by atoms with van der Waals surface area (Å²) in [5.41, 5.74) is 2.20. The van der Waals surface area contributed by atoms with Gasteiger partial charge < -0.3 is 9.84 Å². The predicted molar refractivity (Wildman–Crippen MR) is 89.9 cm³/mol. The first-order chi connectivity index (χ1) is 11.1. The van der Waals surface area contributed by atoms with Gasteiger partial charge in [-0.2, -0.15) is 4.98 Å². The molecule has 0 spiro atoms. The topological polar surface area (TPSA) is 68.0 Å². The van der Waals surface area contributed by atoms with Crippen molar-refractivity contribution in [1.82, 2.24) is 15.5 Å². The highest BCUT2D eigenvalue weighted by atomic mass is 16.5. The lowest BCUT2D eigenvalue weighted by Gasteiger charge is -2.05. The zero-order valence-corrected chi connectivity index (χ0v) is 14.1. The maximum atomic E-state index is 11.7. The molecule has 0 unspecified atom stereocenters. The number of aryl methyl sites for hydroxylation is 2. The largest absolute Gasteiger partial charge is 0.356 e. The average molecular weight is 315 g/mol. The summed E-state index contributed by atoms with van der Waals surface area (Å²) < 4.78 is 5.23. The first kappa shape index (κ1) is 17.2. The molecule has 0 saturated carbocycles. The molecule has 5 heteroatoms. The second kappa shape index (κ2) is 8.46. The van der Waals surface area contributed by atoms with Crippen LogP contribution in [0.3, 0.4) is 0 Å². The molecule has 1 aromatic carbocycles. The third kappa shape index (κ3) is 5.51. The van der Waals surface area contributed by atoms with Gasteiger partial charge in [-0.3, -0.25) is 4.79 Å². The van der Waals surface area contributed by atoms with Crippen LogP contribution in [0.2, 0.25) is 0 Å². The quantitative estimate of drug-likeness (QED) is 0.810. The molecule has 0 atom stereocenters. The number of hydrogen-bond acceptors (Lipinski definition) is 4. The fourth-order valence-electron chi connectivity index (χ4n) is 2.17. The van der Waals surface area contributed by atoms with Crippen molar-refractivity contribution in [2.75, 3.05) is 6.54 Å². The Balaban J connectivity index is 1.83. The lowest BCUT2D eigenvalue weighted by molar-refractivity contribution is -0.121. The highest BCUT2D eigenvalue weighted by Gasteiger charge is 2.10. The monoisotopic (exact) mass is 315 g/mol. The fraction of sp³-hybridized carbons (Fsp3) is 0.500. The summed E-state index contributed by atoms with van der Waals surface area (Å²) in [4.78, 5) is 16.1. The van der Waals surface area contributed by atoms with Crippen LogP contribution >= 0.6 is 0 Å². The molecule has 5 nitrogen and oxygen atoms in total. The van der Waals surface area contributed by atoms with Crippen LogP contribution in [-0.4, -0.2) is 22.6 Å². The average Bonchev–Trinajstić information content (AvgIpc) is 3.01. The fourth-order valence-corrected chi connectivity index (χ4v) is 2.17. The maximum Gasteiger partial charge on any atom is 0.227 e. The SMILES string of the molecule is CCc1ccc(-c2noc(CCC(=O)NCCC(C)C)n2)cc1. The van der Waals surface area contributed by atoms with Gasteiger partial charge >= 0.3 is 0 Å². The van der Waals surface area contributed by atoms with E-state index in [9.17, 15) is 4.79 Å². The van der Waals surface area contributed by atoms with Crippen molar-refractivity contribution in [1.29, 1.82) is 0 Å². The molecule has 2 rings (SSSR count). The van der Waals surface area contributed by atoms with E-state index in [-0.39, 0.29) is 5.91 Å². The van der Waals surface area contributed by atoms with Crippen LogP contribution in [0.4, 0.5) is 0 Å². The number of aromatic nitrogens is 2. The molecule has 0 radical (unpaired) electrons. The molecule has 0 aliphatic rings. The standard InChI is InChI=1S/C18H25N3O2/c1-4-14-5-7-15(8-6-14)18-20-17(23-21-18)10-9-16(22)19-12-11-13(2)3/h5-8,13H,4,9-12H2,1-3H3,(H,19,22). The highest BCUT2D eigenvalue weighted by molar-refractivity contribution is 5.75. The van der Waals surface area contributed by atoms with Gasteiger partial charge in [0.2, 0.25) is 17.6 Å². The number of rotatable bonds is 8. The van der Waals surface area contributed by atoms with E-state index in [0.29, 0.717) is 30.5 Å². The molecule has 0 saturated heterocycles. The minimum atomic E-state index is 0.0256. The number of carbonyl (C=O) groups excluding carboxylic acids is 1. The van der Waals surface area contributed by atoms with E-state index in [1.54, 1.807) is 0 Å². The smallest absolute Gasteiger partial charge is 0.227 e. The Hall–Kier alpha value is -2.17. The molecule has 1 heterocycles. The van der Waals surface area contributed by atoms with E-state index >= 15 is 0 Å². The van der Waals surface area contributed by atoms with Crippen LogP contribution in [0.25, 0.3) is 11.4 Å². The van der Waals surface area contributed by atoms with E-state index in [1.165, 1.54) is 5.56 Å². The van der Waals surface area contributed by atoms with Gasteiger partial charge in [0.25, 0.3) is 0 Å². The third-order valence-corrected chi connectivity index (χ3v) is 3.70. The number of amides is 1. The lowest BCUT2D eigenvalue weighted by Crippen LogP contribution is -2.25. The molecule has 0 aliphatic heterocycles. The van der Waals surface area contributed by atoms with Crippen molar-refractivity contribution in [2.45, 2.75) is 46.5 Å². The van der Waals surface area contributed by atoms with Crippen LogP contribution in [-0.2, 0) is 17.6 Å². The summed E-state index contributed by atoms with van der Waals surface area (Å²) in [5, 5.41) is 6.89. The molecular formula is C18H25N3O2. The van der Waals surface area contributed by atoms with Crippen molar-refractivity contribution in [3.8, 4) is 11.4 Å². The molecule has 0 bridgehead atoms. The highest BCUT2D eigenvalue weighted by Crippen LogP contribution is 2.17. The predicted octanol–water partition coefficient (Wildman–Crippen LogP) is 3.39. The van der Waals surface area contributed by atoms with E-state index in [4.69, 9.17) is 4.52 Å². The van der Waals surface area contributed by atoms with Gasteiger partial charge in [-0.15, -0.1) is 0 Å². The van der Waals surface area contributed by atoms with Crippen molar-refractivity contribution < 1.29 is 9.32 Å². The molecule has 23 heavy (non-hydrogen) atoms. The molecule has 0 aliphatic carbocycles. The molecule has 0 fully saturated rings. The Labute approximate surface area is 137 Å². The molecule has 124 valence electrons. The second-order valence-corrected chi connectivity index (χ2v) is 6.09. The Bertz CT molecular complexity index is 617. The number of benzene rings is 1. The molecule has 1 N–H and O–H groups in total. The van der Waals surface area contributed by atoms with Crippen LogP contribution in [0, 0.1) is 5.92 Å². The molecule has 2 aromatic rings. The Kier molecular flexibility index (Phi) is 6.32. The minimum absolute atomic E-state index is 0.0256. The summed E-state index contributed by atoms with van der Waals surface area (Å²) in [7, 11) is 0. The summed E-state index contributed by atoms with van der Waals surface area (Å²) in [5.74, 6) is 1.69. The van der Waals surface area contributed by atoms with E-state index in [1.807, 2.05) is 12.1 Å². The van der Waals surface area contributed by atoms with Gasteiger partial charge in [0.1, 0.15) is 0 Å².